The second-order valence-corrected chi connectivity index (χ2v) is 7.87. The van der Waals surface area contributed by atoms with Gasteiger partial charge in [-0.15, -0.1) is 11.6 Å². The number of imidazole rings is 1. The van der Waals surface area contributed by atoms with E-state index in [-0.39, 0.29) is 0 Å². The van der Waals surface area contributed by atoms with Crippen LogP contribution in [0.4, 0.5) is 0 Å². The fourth-order valence-corrected chi connectivity index (χ4v) is 4.49. The molecule has 114 valence electrons. The molecule has 0 spiro atoms. The van der Waals surface area contributed by atoms with E-state index in [4.69, 9.17) is 21.3 Å². The van der Waals surface area contributed by atoms with Crippen molar-refractivity contribution in [3.8, 4) is 5.75 Å². The molecule has 3 nitrogen and oxygen atoms in total. The Morgan fingerprint density at radius 2 is 2.33 bits per heavy atom. The summed E-state index contributed by atoms with van der Waals surface area (Å²) in [4.78, 5) is 4.76. The second-order valence-electron chi connectivity index (χ2n) is 5.81. The van der Waals surface area contributed by atoms with Gasteiger partial charge in [0.05, 0.1) is 18.1 Å². The van der Waals surface area contributed by atoms with Gasteiger partial charge in [0, 0.05) is 29.7 Å². The van der Waals surface area contributed by atoms with E-state index in [1.807, 2.05) is 12.1 Å². The molecule has 1 aliphatic heterocycles. The lowest BCUT2D eigenvalue weighted by atomic mass is 10.1. The second kappa shape index (κ2) is 6.09. The van der Waals surface area contributed by atoms with Crippen LogP contribution in [0.5, 0.6) is 5.75 Å². The van der Waals surface area contributed by atoms with Gasteiger partial charge >= 0.3 is 0 Å². The molecule has 2 heterocycles. The van der Waals surface area contributed by atoms with Gasteiger partial charge in [-0.1, -0.05) is 0 Å². The van der Waals surface area contributed by atoms with Gasteiger partial charge in [-0.05, 0) is 37.7 Å². The molecule has 1 saturated heterocycles. The van der Waals surface area contributed by atoms with Gasteiger partial charge in [0.25, 0.3) is 0 Å². The smallest absolute Gasteiger partial charge is 0.121 e. The van der Waals surface area contributed by atoms with Crippen LogP contribution in [0.2, 0.25) is 0 Å². The molecular formula is C16H21ClN2OS. The Morgan fingerprint density at radius 3 is 3.00 bits per heavy atom. The van der Waals surface area contributed by atoms with Gasteiger partial charge in [0.2, 0.25) is 0 Å². The summed E-state index contributed by atoms with van der Waals surface area (Å²) in [6.07, 6.45) is 3.38. The third kappa shape index (κ3) is 3.02. The first-order valence-corrected chi connectivity index (χ1v) is 8.90. The minimum atomic E-state index is 0.303. The van der Waals surface area contributed by atoms with Crippen LogP contribution < -0.4 is 4.74 Å². The van der Waals surface area contributed by atoms with E-state index < -0.39 is 0 Å². The van der Waals surface area contributed by atoms with Crippen LogP contribution in [0.3, 0.4) is 0 Å². The fourth-order valence-electron chi connectivity index (χ4n) is 3.03. The highest BCUT2D eigenvalue weighted by Gasteiger charge is 2.31. The highest BCUT2D eigenvalue weighted by atomic mass is 35.5. The van der Waals surface area contributed by atoms with Crippen LogP contribution >= 0.6 is 23.4 Å². The number of fused-ring (bicyclic) bond motifs is 1. The molecular weight excluding hydrogens is 304 g/mol. The highest BCUT2D eigenvalue weighted by Crippen LogP contribution is 2.40. The zero-order chi connectivity index (χ0) is 14.9. The number of ether oxygens (including phenoxy) is 1. The minimum Gasteiger partial charge on any atom is -0.497 e. The first kappa shape index (κ1) is 15.0. The molecule has 1 unspecified atom stereocenters. The lowest BCUT2D eigenvalue weighted by Gasteiger charge is -2.24. The maximum atomic E-state index is 5.96. The van der Waals surface area contributed by atoms with Crippen LogP contribution in [-0.4, -0.2) is 33.0 Å². The third-order valence-electron chi connectivity index (χ3n) is 4.15. The van der Waals surface area contributed by atoms with Crippen molar-refractivity contribution in [2.24, 2.45) is 0 Å². The first-order chi connectivity index (χ1) is 10.1. The molecule has 0 N–H and O–H groups in total. The first-order valence-electron chi connectivity index (χ1n) is 7.38. The van der Waals surface area contributed by atoms with E-state index in [1.54, 1.807) is 7.11 Å². The normalized spacial score (nSPS) is 22.0. The number of methoxy groups -OCH3 is 1. The Morgan fingerprint density at radius 1 is 1.48 bits per heavy atom. The maximum Gasteiger partial charge on any atom is 0.121 e. The van der Waals surface area contributed by atoms with Crippen molar-refractivity contribution in [1.29, 1.82) is 0 Å². The van der Waals surface area contributed by atoms with Crippen LogP contribution in [0, 0.1) is 0 Å². The molecule has 1 aromatic heterocycles. The van der Waals surface area contributed by atoms with Crippen molar-refractivity contribution in [2.75, 3.05) is 18.7 Å². The molecule has 5 heteroatoms. The van der Waals surface area contributed by atoms with Crippen LogP contribution in [0.15, 0.2) is 18.2 Å². The monoisotopic (exact) mass is 324 g/mol. The molecule has 1 aromatic carbocycles. The molecule has 2 aromatic rings. The molecule has 3 rings (SSSR count). The average Bonchev–Trinajstić information content (AvgIpc) is 3.05. The quantitative estimate of drug-likeness (QED) is 0.774. The number of thioether (sulfide) groups is 1. The number of nitrogens with zero attached hydrogens (tertiary/aromatic N) is 2. The number of rotatable bonds is 5. The summed E-state index contributed by atoms with van der Waals surface area (Å²) in [7, 11) is 1.70. The molecule has 1 atom stereocenters. The van der Waals surface area contributed by atoms with Crippen molar-refractivity contribution in [3.63, 3.8) is 0 Å². The molecule has 0 radical (unpaired) electrons. The number of aromatic nitrogens is 2. The van der Waals surface area contributed by atoms with Gasteiger partial charge < -0.3 is 9.30 Å². The van der Waals surface area contributed by atoms with Crippen molar-refractivity contribution in [2.45, 2.75) is 37.5 Å². The zero-order valence-corrected chi connectivity index (χ0v) is 14.1. The van der Waals surface area contributed by atoms with E-state index in [2.05, 4.69) is 29.3 Å². The molecule has 0 aliphatic carbocycles. The lowest BCUT2D eigenvalue weighted by Crippen LogP contribution is -2.25. The SMILES string of the molecule is COc1ccc2nc(CCCl)n(CC3(C)CCCS3)c2c1. The van der Waals surface area contributed by atoms with Crippen molar-refractivity contribution >= 4 is 34.4 Å². The molecule has 1 fully saturated rings. The van der Waals surface area contributed by atoms with E-state index in [9.17, 15) is 0 Å². The number of benzene rings is 1. The summed E-state index contributed by atoms with van der Waals surface area (Å²) in [5, 5.41) is 0. The van der Waals surface area contributed by atoms with Crippen LogP contribution in [0.25, 0.3) is 11.0 Å². The van der Waals surface area contributed by atoms with E-state index >= 15 is 0 Å². The minimum absolute atomic E-state index is 0.303. The van der Waals surface area contributed by atoms with Crippen LogP contribution in [-0.2, 0) is 13.0 Å². The number of aryl methyl sites for hydroxylation is 1. The third-order valence-corrected chi connectivity index (χ3v) is 5.86. The largest absolute Gasteiger partial charge is 0.497 e. The molecule has 0 amide bonds. The summed E-state index contributed by atoms with van der Waals surface area (Å²) in [5.41, 5.74) is 2.19. The van der Waals surface area contributed by atoms with Crippen molar-refractivity contribution < 1.29 is 4.74 Å². The standard InChI is InChI=1S/C16H21ClN2OS/c1-16(7-3-9-21-16)11-19-14-10-12(20-2)4-5-13(14)18-15(19)6-8-17/h4-5,10H,3,6-9,11H2,1-2H3. The Kier molecular flexibility index (Phi) is 4.36. The molecule has 21 heavy (non-hydrogen) atoms. The number of hydrogen-bond acceptors (Lipinski definition) is 3. The Labute approximate surface area is 135 Å². The predicted octanol–water partition coefficient (Wildman–Crippen LogP) is 4.11. The summed E-state index contributed by atoms with van der Waals surface area (Å²) >= 11 is 8.04. The van der Waals surface area contributed by atoms with Crippen molar-refractivity contribution in [1.82, 2.24) is 9.55 Å². The highest BCUT2D eigenvalue weighted by molar-refractivity contribution is 8.00. The number of halogens is 1. The molecule has 1 aliphatic rings. The van der Waals surface area contributed by atoms with Gasteiger partial charge in [-0.3, -0.25) is 0 Å². The predicted molar refractivity (Wildman–Crippen MR) is 90.8 cm³/mol. The van der Waals surface area contributed by atoms with Crippen molar-refractivity contribution in [3.05, 3.63) is 24.0 Å². The summed E-state index contributed by atoms with van der Waals surface area (Å²) < 4.78 is 8.02. The summed E-state index contributed by atoms with van der Waals surface area (Å²) in [5.74, 6) is 3.83. The Bertz CT molecular complexity index is 634. The average molecular weight is 325 g/mol. The fraction of sp³-hybridized carbons (Fsp3) is 0.562. The zero-order valence-electron chi connectivity index (χ0n) is 12.6. The van der Waals surface area contributed by atoms with E-state index in [1.165, 1.54) is 18.6 Å². The van der Waals surface area contributed by atoms with E-state index in [0.717, 1.165) is 35.6 Å². The van der Waals surface area contributed by atoms with Gasteiger partial charge in [-0.2, -0.15) is 11.8 Å². The molecule has 0 bridgehead atoms. The van der Waals surface area contributed by atoms with Gasteiger partial charge in [0.1, 0.15) is 11.6 Å². The van der Waals surface area contributed by atoms with E-state index in [0.29, 0.717) is 10.6 Å². The molecule has 0 saturated carbocycles. The topological polar surface area (TPSA) is 27.1 Å². The van der Waals surface area contributed by atoms with Gasteiger partial charge in [-0.25, -0.2) is 4.98 Å². The van der Waals surface area contributed by atoms with Crippen LogP contribution in [0.1, 0.15) is 25.6 Å². The number of hydrogen-bond donors (Lipinski definition) is 0. The Balaban J connectivity index is 2.05. The van der Waals surface area contributed by atoms with Gasteiger partial charge in [0.15, 0.2) is 0 Å². The lowest BCUT2D eigenvalue weighted by molar-refractivity contribution is 0.415. The number of alkyl halides is 1. The summed E-state index contributed by atoms with van der Waals surface area (Å²) in [6.45, 7) is 3.36. The maximum absolute atomic E-state index is 5.96. The summed E-state index contributed by atoms with van der Waals surface area (Å²) in [6, 6.07) is 6.09. The Hall–Kier alpha value is -0.870.